The van der Waals surface area contributed by atoms with Crippen LogP contribution in [0, 0.1) is 3.57 Å². The van der Waals surface area contributed by atoms with Crippen LogP contribution in [0.5, 0.6) is 0 Å². The zero-order valence-corrected chi connectivity index (χ0v) is 9.13. The normalized spacial score (nSPS) is 8.27. The fourth-order valence-electron chi connectivity index (χ4n) is 0.475. The quantitative estimate of drug-likeness (QED) is 0.564. The molecule has 62 valence electrons. The number of para-hydroxylation sites is 1. The van der Waals surface area contributed by atoms with Gasteiger partial charge in [-0.2, -0.15) is 0 Å². The largest absolute Gasteiger partial charge is 0.398 e. The minimum atomic E-state index is 0.855. The summed E-state index contributed by atoms with van der Waals surface area (Å²) in [5, 5.41) is 0. The third-order valence-electron chi connectivity index (χ3n) is 0.905. The number of halogens is 1. The highest BCUT2D eigenvalue weighted by Crippen LogP contribution is 2.11. The van der Waals surface area contributed by atoms with Crippen LogP contribution in [0.3, 0.4) is 0 Å². The molecule has 0 unspecified atom stereocenters. The molecular weight excluding hydrogens is 249 g/mol. The van der Waals surface area contributed by atoms with E-state index in [9.17, 15) is 0 Å². The summed E-state index contributed by atoms with van der Waals surface area (Å²) in [6.45, 7) is 4.25. The van der Waals surface area contributed by atoms with Crippen LogP contribution in [0.1, 0.15) is 20.3 Å². The van der Waals surface area contributed by atoms with Crippen molar-refractivity contribution < 1.29 is 0 Å². The molecule has 11 heavy (non-hydrogen) atoms. The molecule has 1 aromatic rings. The second-order valence-electron chi connectivity index (χ2n) is 2.23. The van der Waals surface area contributed by atoms with Crippen molar-refractivity contribution >= 4 is 28.3 Å². The Hall–Kier alpha value is -0.250. The lowest BCUT2D eigenvalue weighted by atomic mass is 10.3. The van der Waals surface area contributed by atoms with Gasteiger partial charge in [0.15, 0.2) is 0 Å². The van der Waals surface area contributed by atoms with Gasteiger partial charge < -0.3 is 5.73 Å². The van der Waals surface area contributed by atoms with Crippen LogP contribution in [0.4, 0.5) is 5.69 Å². The molecule has 0 aliphatic rings. The lowest BCUT2D eigenvalue weighted by molar-refractivity contribution is 1.09. The molecule has 0 aliphatic carbocycles. The highest BCUT2D eigenvalue weighted by Gasteiger charge is 1.86. The molecule has 0 amide bonds. The summed E-state index contributed by atoms with van der Waals surface area (Å²) in [4.78, 5) is 0. The molecule has 1 aromatic carbocycles. The fourth-order valence-corrected chi connectivity index (χ4v) is 0.862. The first kappa shape index (κ1) is 10.8. The van der Waals surface area contributed by atoms with E-state index >= 15 is 0 Å². The van der Waals surface area contributed by atoms with E-state index in [2.05, 4.69) is 36.4 Å². The summed E-state index contributed by atoms with van der Waals surface area (Å²) < 4.78 is 1.12. The molecule has 0 radical (unpaired) electrons. The van der Waals surface area contributed by atoms with Gasteiger partial charge in [0.2, 0.25) is 0 Å². The van der Waals surface area contributed by atoms with Crippen LogP contribution in [-0.2, 0) is 0 Å². The van der Waals surface area contributed by atoms with Crippen LogP contribution in [0.25, 0.3) is 0 Å². The molecular formula is C9H14IN. The van der Waals surface area contributed by atoms with Gasteiger partial charge in [-0.05, 0) is 34.7 Å². The predicted molar refractivity (Wildman–Crippen MR) is 59.5 cm³/mol. The Morgan fingerprint density at radius 3 is 2.00 bits per heavy atom. The summed E-state index contributed by atoms with van der Waals surface area (Å²) in [6, 6.07) is 7.77. The lowest BCUT2D eigenvalue weighted by Gasteiger charge is -1.91. The van der Waals surface area contributed by atoms with Gasteiger partial charge in [-0.25, -0.2) is 0 Å². The van der Waals surface area contributed by atoms with Gasteiger partial charge in [0.25, 0.3) is 0 Å². The first-order valence-corrected chi connectivity index (χ1v) is 4.80. The summed E-state index contributed by atoms with van der Waals surface area (Å²) in [7, 11) is 0. The van der Waals surface area contributed by atoms with Gasteiger partial charge in [0.1, 0.15) is 0 Å². The summed E-state index contributed by atoms with van der Waals surface area (Å²) >= 11 is 2.20. The van der Waals surface area contributed by atoms with Crippen molar-refractivity contribution in [3.05, 3.63) is 27.8 Å². The van der Waals surface area contributed by atoms with Crippen molar-refractivity contribution in [2.75, 3.05) is 5.73 Å². The maximum atomic E-state index is 5.51. The Bertz CT molecular complexity index is 178. The van der Waals surface area contributed by atoms with E-state index in [-0.39, 0.29) is 0 Å². The molecule has 0 spiro atoms. The number of hydrogen-bond acceptors (Lipinski definition) is 1. The van der Waals surface area contributed by atoms with Gasteiger partial charge in [-0.3, -0.25) is 0 Å². The molecule has 0 fully saturated rings. The van der Waals surface area contributed by atoms with Crippen molar-refractivity contribution in [1.82, 2.24) is 0 Å². The topological polar surface area (TPSA) is 26.0 Å². The summed E-state index contributed by atoms with van der Waals surface area (Å²) in [5.41, 5.74) is 6.37. The van der Waals surface area contributed by atoms with Gasteiger partial charge in [-0.15, -0.1) is 0 Å². The second-order valence-corrected chi connectivity index (χ2v) is 3.39. The van der Waals surface area contributed by atoms with Crippen LogP contribution >= 0.6 is 22.6 Å². The van der Waals surface area contributed by atoms with E-state index in [1.165, 1.54) is 6.42 Å². The third kappa shape index (κ3) is 5.07. The second kappa shape index (κ2) is 6.46. The van der Waals surface area contributed by atoms with Crippen LogP contribution in [0.15, 0.2) is 24.3 Å². The molecule has 1 nitrogen and oxygen atoms in total. The van der Waals surface area contributed by atoms with E-state index in [1.807, 2.05) is 24.3 Å². The van der Waals surface area contributed by atoms with Crippen molar-refractivity contribution in [1.29, 1.82) is 0 Å². The Balaban J connectivity index is 0.000000292. The molecule has 2 heteroatoms. The van der Waals surface area contributed by atoms with E-state index in [0.717, 1.165) is 9.26 Å². The third-order valence-corrected chi connectivity index (χ3v) is 1.89. The molecule has 0 bridgehead atoms. The summed E-state index contributed by atoms with van der Waals surface area (Å²) in [5.74, 6) is 0. The first-order valence-electron chi connectivity index (χ1n) is 3.72. The van der Waals surface area contributed by atoms with Crippen LogP contribution in [-0.4, -0.2) is 0 Å². The molecule has 0 aliphatic heterocycles. The monoisotopic (exact) mass is 263 g/mol. The van der Waals surface area contributed by atoms with Crippen molar-refractivity contribution in [2.24, 2.45) is 0 Å². The first-order chi connectivity index (χ1) is 5.22. The number of anilines is 1. The van der Waals surface area contributed by atoms with E-state index < -0.39 is 0 Å². The molecule has 0 aromatic heterocycles. The van der Waals surface area contributed by atoms with E-state index in [1.54, 1.807) is 0 Å². The van der Waals surface area contributed by atoms with Crippen LogP contribution < -0.4 is 5.73 Å². The smallest absolute Gasteiger partial charge is 0.0449 e. The average molecular weight is 263 g/mol. The average Bonchev–Trinajstić information content (AvgIpc) is 1.97. The van der Waals surface area contributed by atoms with Crippen molar-refractivity contribution in [2.45, 2.75) is 20.3 Å². The molecule has 2 N–H and O–H groups in total. The Labute approximate surface area is 82.1 Å². The Morgan fingerprint density at radius 2 is 1.73 bits per heavy atom. The van der Waals surface area contributed by atoms with Gasteiger partial charge >= 0.3 is 0 Å². The zero-order valence-electron chi connectivity index (χ0n) is 6.97. The Morgan fingerprint density at radius 1 is 1.27 bits per heavy atom. The number of hydrogen-bond donors (Lipinski definition) is 1. The molecule has 0 heterocycles. The minimum Gasteiger partial charge on any atom is -0.398 e. The zero-order chi connectivity index (χ0) is 8.69. The maximum absolute atomic E-state index is 5.51. The SMILES string of the molecule is CCC.Nc1ccccc1I. The fraction of sp³-hybridized carbons (Fsp3) is 0.333. The highest BCUT2D eigenvalue weighted by molar-refractivity contribution is 14.1. The predicted octanol–water partition coefficient (Wildman–Crippen LogP) is 3.29. The lowest BCUT2D eigenvalue weighted by Crippen LogP contribution is -1.85. The Kier molecular flexibility index (Phi) is 6.31. The maximum Gasteiger partial charge on any atom is 0.0449 e. The molecule has 0 atom stereocenters. The number of nitrogens with two attached hydrogens (primary N) is 1. The number of rotatable bonds is 0. The standard InChI is InChI=1S/C6H6IN.C3H8/c7-5-3-1-2-4-6(5)8;1-3-2/h1-4H,8H2;3H2,1-2H3. The number of nitrogen functional groups attached to an aromatic ring is 1. The van der Waals surface area contributed by atoms with E-state index in [4.69, 9.17) is 5.73 Å². The van der Waals surface area contributed by atoms with Gasteiger partial charge in [0.05, 0.1) is 0 Å². The van der Waals surface area contributed by atoms with Gasteiger partial charge in [0, 0.05) is 9.26 Å². The van der Waals surface area contributed by atoms with Crippen molar-refractivity contribution in [3.63, 3.8) is 0 Å². The molecule has 0 saturated heterocycles. The molecule has 1 rings (SSSR count). The number of benzene rings is 1. The van der Waals surface area contributed by atoms with Crippen molar-refractivity contribution in [3.8, 4) is 0 Å². The minimum absolute atomic E-state index is 0.855. The van der Waals surface area contributed by atoms with Gasteiger partial charge in [-0.1, -0.05) is 32.4 Å². The highest BCUT2D eigenvalue weighted by atomic mass is 127. The van der Waals surface area contributed by atoms with E-state index in [0.29, 0.717) is 0 Å². The van der Waals surface area contributed by atoms with Crippen LogP contribution in [0.2, 0.25) is 0 Å². The summed E-state index contributed by atoms with van der Waals surface area (Å²) in [6.07, 6.45) is 1.25. The molecule has 0 saturated carbocycles.